The van der Waals surface area contributed by atoms with Gasteiger partial charge in [0.25, 0.3) is 0 Å². The Morgan fingerprint density at radius 3 is 2.44 bits per heavy atom. The van der Waals surface area contributed by atoms with E-state index in [2.05, 4.69) is 17.4 Å². The van der Waals surface area contributed by atoms with Crippen LogP contribution in [0.4, 0.5) is 0 Å². The van der Waals surface area contributed by atoms with E-state index in [1.807, 2.05) is 31.1 Å². The number of hydrogen-bond donors (Lipinski definition) is 1. The molecule has 0 amide bonds. The van der Waals surface area contributed by atoms with Crippen LogP contribution in [0.2, 0.25) is 0 Å². The molecular formula is C12H18N2OS. The molecule has 0 bridgehead atoms. The Balaban J connectivity index is 2.34. The summed E-state index contributed by atoms with van der Waals surface area (Å²) < 4.78 is 5.10. The molecule has 4 heteroatoms. The van der Waals surface area contributed by atoms with E-state index in [4.69, 9.17) is 17.0 Å². The molecule has 0 aliphatic heterocycles. The van der Waals surface area contributed by atoms with Crippen molar-refractivity contribution in [2.24, 2.45) is 0 Å². The standard InChI is InChI=1S/C12H18N2OS/c1-14(2)12(16)13-9-8-10-4-6-11(15-3)7-5-10/h4-7H,8-9H2,1-3H3,(H,13,16). The zero-order valence-corrected chi connectivity index (χ0v) is 10.8. The van der Waals surface area contributed by atoms with Crippen molar-refractivity contribution in [3.63, 3.8) is 0 Å². The van der Waals surface area contributed by atoms with Crippen LogP contribution in [0.25, 0.3) is 0 Å². The molecule has 1 aromatic rings. The van der Waals surface area contributed by atoms with Gasteiger partial charge in [-0.15, -0.1) is 0 Å². The van der Waals surface area contributed by atoms with Gasteiger partial charge in [0.2, 0.25) is 0 Å². The van der Waals surface area contributed by atoms with Gasteiger partial charge in [0.1, 0.15) is 5.75 Å². The average Bonchev–Trinajstić information content (AvgIpc) is 2.29. The highest BCUT2D eigenvalue weighted by molar-refractivity contribution is 7.80. The fourth-order valence-electron chi connectivity index (χ4n) is 1.26. The molecule has 0 heterocycles. The molecule has 3 nitrogen and oxygen atoms in total. The van der Waals surface area contributed by atoms with Gasteiger partial charge >= 0.3 is 0 Å². The Morgan fingerprint density at radius 1 is 1.31 bits per heavy atom. The van der Waals surface area contributed by atoms with Crippen molar-refractivity contribution >= 4 is 17.3 Å². The minimum atomic E-state index is 0.772. The third-order valence-corrected chi connectivity index (χ3v) is 2.76. The highest BCUT2D eigenvalue weighted by atomic mass is 32.1. The van der Waals surface area contributed by atoms with Crippen LogP contribution in [0.3, 0.4) is 0 Å². The minimum absolute atomic E-state index is 0.772. The molecule has 16 heavy (non-hydrogen) atoms. The van der Waals surface area contributed by atoms with Crippen molar-refractivity contribution in [1.82, 2.24) is 10.2 Å². The first-order chi connectivity index (χ1) is 7.63. The quantitative estimate of drug-likeness (QED) is 0.807. The lowest BCUT2D eigenvalue weighted by atomic mass is 10.1. The zero-order valence-electron chi connectivity index (χ0n) is 9.99. The Morgan fingerprint density at radius 2 is 1.94 bits per heavy atom. The minimum Gasteiger partial charge on any atom is -0.497 e. The normalized spacial score (nSPS) is 9.69. The molecule has 0 saturated heterocycles. The predicted octanol–water partition coefficient (Wildman–Crippen LogP) is 1.67. The molecule has 0 radical (unpaired) electrons. The molecule has 0 fully saturated rings. The first kappa shape index (κ1) is 12.8. The second-order valence-electron chi connectivity index (χ2n) is 3.72. The van der Waals surface area contributed by atoms with Gasteiger partial charge < -0.3 is 15.0 Å². The van der Waals surface area contributed by atoms with E-state index in [9.17, 15) is 0 Å². The van der Waals surface area contributed by atoms with Gasteiger partial charge in [-0.25, -0.2) is 0 Å². The highest BCUT2D eigenvalue weighted by Crippen LogP contribution is 2.11. The summed E-state index contributed by atoms with van der Waals surface area (Å²) in [7, 11) is 5.54. The summed E-state index contributed by atoms with van der Waals surface area (Å²) in [6.07, 6.45) is 0.956. The molecule has 88 valence electrons. The van der Waals surface area contributed by atoms with Gasteiger partial charge in [-0.2, -0.15) is 0 Å². The van der Waals surface area contributed by atoms with Gasteiger partial charge in [-0.1, -0.05) is 12.1 Å². The lowest BCUT2D eigenvalue weighted by molar-refractivity contribution is 0.414. The molecule has 1 rings (SSSR count). The largest absolute Gasteiger partial charge is 0.497 e. The van der Waals surface area contributed by atoms with E-state index in [1.165, 1.54) is 5.56 Å². The van der Waals surface area contributed by atoms with Gasteiger partial charge in [-0.05, 0) is 36.3 Å². The molecule has 0 spiro atoms. The van der Waals surface area contributed by atoms with Gasteiger partial charge in [-0.3, -0.25) is 0 Å². The van der Waals surface area contributed by atoms with Crippen LogP contribution >= 0.6 is 12.2 Å². The van der Waals surface area contributed by atoms with Crippen LogP contribution in [0.5, 0.6) is 5.75 Å². The summed E-state index contributed by atoms with van der Waals surface area (Å²) in [4.78, 5) is 1.89. The first-order valence-corrected chi connectivity index (χ1v) is 5.62. The summed E-state index contributed by atoms with van der Waals surface area (Å²) in [5.41, 5.74) is 1.27. The fraction of sp³-hybridized carbons (Fsp3) is 0.417. The van der Waals surface area contributed by atoms with Gasteiger partial charge in [0.15, 0.2) is 5.11 Å². The van der Waals surface area contributed by atoms with Crippen molar-refractivity contribution in [2.75, 3.05) is 27.7 Å². The van der Waals surface area contributed by atoms with Crippen LogP contribution in [-0.4, -0.2) is 37.8 Å². The van der Waals surface area contributed by atoms with Crippen LogP contribution < -0.4 is 10.1 Å². The molecule has 0 aliphatic carbocycles. The van der Waals surface area contributed by atoms with Crippen LogP contribution in [-0.2, 0) is 6.42 Å². The van der Waals surface area contributed by atoms with Crippen molar-refractivity contribution in [2.45, 2.75) is 6.42 Å². The number of nitrogens with one attached hydrogen (secondary N) is 1. The highest BCUT2D eigenvalue weighted by Gasteiger charge is 1.98. The van der Waals surface area contributed by atoms with Crippen molar-refractivity contribution in [3.05, 3.63) is 29.8 Å². The Labute approximate surface area is 102 Å². The number of thiocarbonyl (C=S) groups is 1. The van der Waals surface area contributed by atoms with E-state index in [0.29, 0.717) is 0 Å². The third kappa shape index (κ3) is 4.06. The lowest BCUT2D eigenvalue weighted by Gasteiger charge is -2.15. The summed E-state index contributed by atoms with van der Waals surface area (Å²) in [5, 5.41) is 3.96. The molecule has 1 aromatic carbocycles. The summed E-state index contributed by atoms with van der Waals surface area (Å²) in [5.74, 6) is 0.889. The smallest absolute Gasteiger partial charge is 0.168 e. The molecule has 0 aromatic heterocycles. The van der Waals surface area contributed by atoms with Crippen molar-refractivity contribution in [3.8, 4) is 5.75 Å². The monoisotopic (exact) mass is 238 g/mol. The maximum absolute atomic E-state index is 5.13. The number of methoxy groups -OCH3 is 1. The molecule has 0 atom stereocenters. The zero-order chi connectivity index (χ0) is 12.0. The lowest BCUT2D eigenvalue weighted by Crippen LogP contribution is -2.35. The van der Waals surface area contributed by atoms with Crippen LogP contribution in [0.1, 0.15) is 5.56 Å². The first-order valence-electron chi connectivity index (χ1n) is 5.21. The van der Waals surface area contributed by atoms with E-state index < -0.39 is 0 Å². The van der Waals surface area contributed by atoms with Crippen molar-refractivity contribution in [1.29, 1.82) is 0 Å². The SMILES string of the molecule is COc1ccc(CCNC(=S)N(C)C)cc1. The fourth-order valence-corrected chi connectivity index (χ4v) is 1.37. The maximum atomic E-state index is 5.13. The number of hydrogen-bond acceptors (Lipinski definition) is 2. The number of benzene rings is 1. The van der Waals surface area contributed by atoms with E-state index in [0.717, 1.165) is 23.8 Å². The maximum Gasteiger partial charge on any atom is 0.168 e. The number of nitrogens with zero attached hydrogens (tertiary/aromatic N) is 1. The van der Waals surface area contributed by atoms with E-state index in [1.54, 1.807) is 7.11 Å². The summed E-state index contributed by atoms with van der Waals surface area (Å²) in [6, 6.07) is 8.08. The number of rotatable bonds is 4. The van der Waals surface area contributed by atoms with E-state index in [-0.39, 0.29) is 0 Å². The van der Waals surface area contributed by atoms with Crippen molar-refractivity contribution < 1.29 is 4.74 Å². The Hall–Kier alpha value is -1.29. The number of ether oxygens (including phenoxy) is 1. The Bertz CT molecular complexity index is 335. The molecule has 0 saturated carbocycles. The van der Waals surface area contributed by atoms with E-state index >= 15 is 0 Å². The third-order valence-electron chi connectivity index (χ3n) is 2.26. The second-order valence-corrected chi connectivity index (χ2v) is 4.11. The van der Waals surface area contributed by atoms with Gasteiger partial charge in [0, 0.05) is 20.6 Å². The molecular weight excluding hydrogens is 220 g/mol. The molecule has 0 unspecified atom stereocenters. The van der Waals surface area contributed by atoms with Crippen LogP contribution in [0.15, 0.2) is 24.3 Å². The molecule has 1 N–H and O–H groups in total. The van der Waals surface area contributed by atoms with Crippen LogP contribution in [0, 0.1) is 0 Å². The second kappa shape index (κ2) is 6.33. The predicted molar refractivity (Wildman–Crippen MR) is 71.0 cm³/mol. The topological polar surface area (TPSA) is 24.5 Å². The Kier molecular flexibility index (Phi) is 5.05. The summed E-state index contributed by atoms with van der Waals surface area (Å²) >= 11 is 5.13. The molecule has 0 aliphatic rings. The summed E-state index contributed by atoms with van der Waals surface area (Å²) in [6.45, 7) is 0.851. The average molecular weight is 238 g/mol. The van der Waals surface area contributed by atoms with Gasteiger partial charge in [0.05, 0.1) is 7.11 Å².